The zero-order chi connectivity index (χ0) is 19.7. The van der Waals surface area contributed by atoms with Crippen LogP contribution in [0.5, 0.6) is 0 Å². The summed E-state index contributed by atoms with van der Waals surface area (Å²) in [6, 6.07) is 0.274. The van der Waals surface area contributed by atoms with Crippen molar-refractivity contribution in [2.24, 2.45) is 11.8 Å². The molecular formula is C20H29N3O2S2. The van der Waals surface area contributed by atoms with Crippen LogP contribution in [0, 0.1) is 25.7 Å². The largest absolute Gasteiger partial charge is 0.352 e. The molecule has 0 aromatic carbocycles. The van der Waals surface area contributed by atoms with Crippen molar-refractivity contribution in [2.75, 3.05) is 0 Å². The van der Waals surface area contributed by atoms with Crippen molar-refractivity contribution in [2.45, 2.75) is 70.9 Å². The molecule has 2 aromatic rings. The second-order valence-electron chi connectivity index (χ2n) is 7.81. The van der Waals surface area contributed by atoms with Gasteiger partial charge in [-0.05, 0) is 44.6 Å². The number of carbonyl (C=O) groups is 1. The number of rotatable bonds is 5. The molecule has 27 heavy (non-hydrogen) atoms. The van der Waals surface area contributed by atoms with E-state index in [4.69, 9.17) is 0 Å². The van der Waals surface area contributed by atoms with Gasteiger partial charge in [0.2, 0.25) is 5.91 Å². The Kier molecular flexibility index (Phi) is 6.31. The van der Waals surface area contributed by atoms with Gasteiger partial charge in [-0.15, -0.1) is 23.1 Å². The number of H-pyrrole nitrogens is 1. The standard InChI is InChI=1S/C20H29N3O2S2/c1-10-7-6-8-15(11(10)2)21-18(24)14(5)26-9-16-22-19(25)17-12(3)13(4)27-20(17)23-16/h10-11,14-15H,6-9H2,1-5H3,(H,21,24)(H,22,23,25)/t10-,11-,14-,15+/m0/s1. The number of thioether (sulfide) groups is 1. The summed E-state index contributed by atoms with van der Waals surface area (Å²) in [5.74, 6) is 2.42. The van der Waals surface area contributed by atoms with Crippen LogP contribution in [-0.4, -0.2) is 27.2 Å². The molecule has 1 amide bonds. The fourth-order valence-corrected chi connectivity index (χ4v) is 5.55. The van der Waals surface area contributed by atoms with Crippen LogP contribution in [0.1, 0.15) is 56.3 Å². The Labute approximate surface area is 168 Å². The normalized spacial score (nSPS) is 24.1. The molecule has 1 aliphatic rings. The lowest BCUT2D eigenvalue weighted by molar-refractivity contribution is -0.121. The molecule has 3 rings (SSSR count). The summed E-state index contributed by atoms with van der Waals surface area (Å²) in [6.07, 6.45) is 3.50. The molecule has 5 nitrogen and oxygen atoms in total. The lowest BCUT2D eigenvalue weighted by Gasteiger charge is -2.35. The van der Waals surface area contributed by atoms with E-state index in [0.29, 0.717) is 28.8 Å². The third kappa shape index (κ3) is 4.40. The van der Waals surface area contributed by atoms with E-state index < -0.39 is 0 Å². The molecule has 1 fully saturated rings. The molecule has 0 bridgehead atoms. The van der Waals surface area contributed by atoms with Gasteiger partial charge in [0.15, 0.2) is 0 Å². The number of aromatic amines is 1. The van der Waals surface area contributed by atoms with Gasteiger partial charge in [0, 0.05) is 10.9 Å². The number of amides is 1. The van der Waals surface area contributed by atoms with E-state index >= 15 is 0 Å². The highest BCUT2D eigenvalue weighted by molar-refractivity contribution is 7.99. The van der Waals surface area contributed by atoms with Crippen LogP contribution in [0.4, 0.5) is 0 Å². The smallest absolute Gasteiger partial charge is 0.259 e. The molecule has 2 heterocycles. The van der Waals surface area contributed by atoms with E-state index in [9.17, 15) is 9.59 Å². The third-order valence-corrected chi connectivity index (χ3v) is 8.22. The molecular weight excluding hydrogens is 378 g/mol. The Morgan fingerprint density at radius 2 is 2.11 bits per heavy atom. The molecule has 0 aliphatic heterocycles. The highest BCUT2D eigenvalue weighted by Gasteiger charge is 2.29. The molecule has 1 saturated carbocycles. The first kappa shape index (κ1) is 20.4. The summed E-state index contributed by atoms with van der Waals surface area (Å²) >= 11 is 3.07. The van der Waals surface area contributed by atoms with Crippen molar-refractivity contribution >= 4 is 39.2 Å². The molecule has 2 N–H and O–H groups in total. The number of nitrogens with one attached hydrogen (secondary N) is 2. The number of hydrogen-bond acceptors (Lipinski definition) is 5. The van der Waals surface area contributed by atoms with Gasteiger partial charge < -0.3 is 10.3 Å². The summed E-state index contributed by atoms with van der Waals surface area (Å²) in [5, 5.41) is 3.75. The number of aryl methyl sites for hydroxylation is 2. The molecule has 0 saturated heterocycles. The van der Waals surface area contributed by atoms with E-state index in [1.54, 1.807) is 11.3 Å². The summed E-state index contributed by atoms with van der Waals surface area (Å²) in [6.45, 7) is 10.4. The molecule has 7 heteroatoms. The van der Waals surface area contributed by atoms with E-state index in [-0.39, 0.29) is 22.8 Å². The van der Waals surface area contributed by atoms with E-state index in [1.165, 1.54) is 24.6 Å². The topological polar surface area (TPSA) is 74.8 Å². The molecule has 0 unspecified atom stereocenters. The first-order valence-electron chi connectivity index (χ1n) is 9.68. The molecule has 1 aliphatic carbocycles. The molecule has 4 atom stereocenters. The number of hydrogen-bond donors (Lipinski definition) is 2. The lowest BCUT2D eigenvalue weighted by Crippen LogP contribution is -2.46. The Bertz CT molecular complexity index is 889. The first-order chi connectivity index (χ1) is 12.8. The van der Waals surface area contributed by atoms with Crippen molar-refractivity contribution < 1.29 is 4.79 Å². The zero-order valence-electron chi connectivity index (χ0n) is 16.7. The summed E-state index contributed by atoms with van der Waals surface area (Å²) in [5.41, 5.74) is 0.922. The average Bonchev–Trinajstić information content (AvgIpc) is 2.91. The minimum atomic E-state index is -0.178. The summed E-state index contributed by atoms with van der Waals surface area (Å²) < 4.78 is 0. The Hall–Kier alpha value is -1.34. The predicted molar refractivity (Wildman–Crippen MR) is 115 cm³/mol. The molecule has 0 radical (unpaired) electrons. The van der Waals surface area contributed by atoms with Crippen LogP contribution in [0.25, 0.3) is 10.2 Å². The van der Waals surface area contributed by atoms with Crippen LogP contribution in [0.15, 0.2) is 4.79 Å². The second kappa shape index (κ2) is 8.35. The van der Waals surface area contributed by atoms with Crippen molar-refractivity contribution in [1.29, 1.82) is 0 Å². The number of fused-ring (bicyclic) bond motifs is 1. The lowest BCUT2D eigenvalue weighted by atomic mass is 9.78. The van der Waals surface area contributed by atoms with Crippen LogP contribution in [0.2, 0.25) is 0 Å². The van der Waals surface area contributed by atoms with Crippen LogP contribution in [-0.2, 0) is 10.5 Å². The quantitative estimate of drug-likeness (QED) is 0.780. The van der Waals surface area contributed by atoms with Crippen molar-refractivity contribution in [3.63, 3.8) is 0 Å². The van der Waals surface area contributed by atoms with Crippen molar-refractivity contribution in [3.05, 3.63) is 26.6 Å². The van der Waals surface area contributed by atoms with Crippen LogP contribution in [0.3, 0.4) is 0 Å². The number of thiophene rings is 1. The Balaban J connectivity index is 1.61. The predicted octanol–water partition coefficient (Wildman–Crippen LogP) is 4.16. The van der Waals surface area contributed by atoms with Gasteiger partial charge in [-0.25, -0.2) is 4.98 Å². The summed E-state index contributed by atoms with van der Waals surface area (Å²) in [7, 11) is 0. The third-order valence-electron chi connectivity index (χ3n) is 5.96. The van der Waals surface area contributed by atoms with E-state index in [2.05, 4.69) is 29.1 Å². The maximum Gasteiger partial charge on any atom is 0.259 e. The summed E-state index contributed by atoms with van der Waals surface area (Å²) in [4.78, 5) is 34.3. The van der Waals surface area contributed by atoms with Gasteiger partial charge >= 0.3 is 0 Å². The monoisotopic (exact) mass is 407 g/mol. The average molecular weight is 408 g/mol. The fourth-order valence-electron chi connectivity index (χ4n) is 3.73. The fraction of sp³-hybridized carbons (Fsp3) is 0.650. The highest BCUT2D eigenvalue weighted by atomic mass is 32.2. The van der Waals surface area contributed by atoms with Crippen molar-refractivity contribution in [3.8, 4) is 0 Å². The van der Waals surface area contributed by atoms with Gasteiger partial charge in [0.1, 0.15) is 10.7 Å². The number of nitrogens with zero attached hydrogens (tertiary/aromatic N) is 1. The van der Waals surface area contributed by atoms with E-state index in [1.807, 2.05) is 20.8 Å². The van der Waals surface area contributed by atoms with Gasteiger partial charge in [0.05, 0.1) is 16.4 Å². The zero-order valence-corrected chi connectivity index (χ0v) is 18.4. The molecule has 0 spiro atoms. The first-order valence-corrected chi connectivity index (χ1v) is 11.5. The molecule has 148 valence electrons. The number of aromatic nitrogens is 2. The second-order valence-corrected chi connectivity index (χ2v) is 10.3. The minimum absolute atomic E-state index is 0.0807. The van der Waals surface area contributed by atoms with Gasteiger partial charge in [0.25, 0.3) is 5.56 Å². The Morgan fingerprint density at radius 1 is 1.37 bits per heavy atom. The van der Waals surface area contributed by atoms with Gasteiger partial charge in [-0.3, -0.25) is 9.59 Å². The number of carbonyl (C=O) groups excluding carboxylic acids is 1. The van der Waals surface area contributed by atoms with Crippen molar-refractivity contribution in [1.82, 2.24) is 15.3 Å². The highest BCUT2D eigenvalue weighted by Crippen LogP contribution is 2.30. The van der Waals surface area contributed by atoms with Gasteiger partial charge in [-0.2, -0.15) is 0 Å². The maximum absolute atomic E-state index is 12.6. The molecule has 2 aromatic heterocycles. The minimum Gasteiger partial charge on any atom is -0.352 e. The van der Waals surface area contributed by atoms with Crippen LogP contribution >= 0.6 is 23.1 Å². The SMILES string of the molecule is Cc1sc2nc(CS[C@@H](C)C(=O)N[C@@H]3CCC[C@H](C)[C@@H]3C)[nH]c(=O)c2c1C. The maximum atomic E-state index is 12.6. The van der Waals surface area contributed by atoms with Crippen LogP contribution < -0.4 is 10.9 Å². The Morgan fingerprint density at radius 3 is 2.85 bits per heavy atom. The van der Waals surface area contributed by atoms with Gasteiger partial charge in [-0.1, -0.05) is 26.7 Å². The van der Waals surface area contributed by atoms with E-state index in [0.717, 1.165) is 21.7 Å².